The first-order valence-electron chi connectivity index (χ1n) is 4.52. The number of hydrogen-bond donors (Lipinski definition) is 0. The Morgan fingerprint density at radius 1 is 0.900 bits per heavy atom. The fourth-order valence-corrected chi connectivity index (χ4v) is 1.71. The summed E-state index contributed by atoms with van der Waals surface area (Å²) in [4.78, 5) is 0. The summed E-state index contributed by atoms with van der Waals surface area (Å²) < 4.78 is 0. The number of hydrogen-bond acceptors (Lipinski definition) is 0. The van der Waals surface area contributed by atoms with Crippen LogP contribution < -0.4 is 0 Å². The van der Waals surface area contributed by atoms with Crippen LogP contribution in [0.2, 0.25) is 18.5 Å². The first kappa shape index (κ1) is 10.2. The fraction of sp³-hybridized carbons (Fsp3) is 1.00. The standard InChI is InChI=1S/C7H19B3/c1-6(2)8-10(5)9-7(3)4/h6-9H,1-5H3. The van der Waals surface area contributed by atoms with E-state index in [1.807, 2.05) is 0 Å². The molecule has 0 unspecified atom stereocenters. The van der Waals surface area contributed by atoms with Crippen LogP contribution in [-0.4, -0.2) is 20.8 Å². The molecule has 0 saturated carbocycles. The van der Waals surface area contributed by atoms with E-state index < -0.39 is 0 Å². The highest BCUT2D eigenvalue weighted by Gasteiger charge is 2.12. The van der Waals surface area contributed by atoms with E-state index in [4.69, 9.17) is 0 Å². The Balaban J connectivity index is 3.34. The van der Waals surface area contributed by atoms with Gasteiger partial charge in [-0.1, -0.05) is 46.2 Å². The van der Waals surface area contributed by atoms with Crippen molar-refractivity contribution in [3.63, 3.8) is 0 Å². The molecule has 0 radical (unpaired) electrons. The van der Waals surface area contributed by atoms with Gasteiger partial charge in [0.05, 0.1) is 20.8 Å². The van der Waals surface area contributed by atoms with Crippen LogP contribution >= 0.6 is 0 Å². The maximum atomic E-state index is 2.36. The Morgan fingerprint density at radius 2 is 1.20 bits per heavy atom. The molecule has 0 aliphatic carbocycles. The van der Waals surface area contributed by atoms with Gasteiger partial charge in [-0.15, -0.1) is 0 Å². The summed E-state index contributed by atoms with van der Waals surface area (Å²) in [5.74, 6) is 1.74. The molecule has 0 aromatic carbocycles. The van der Waals surface area contributed by atoms with E-state index in [0.717, 1.165) is 18.1 Å². The number of rotatable bonds is 4. The zero-order chi connectivity index (χ0) is 8.15. The molecule has 0 saturated heterocycles. The Kier molecular flexibility index (Phi) is 5.02. The van der Waals surface area contributed by atoms with Crippen molar-refractivity contribution in [3.05, 3.63) is 0 Å². The molecule has 0 nitrogen and oxygen atoms in total. The van der Waals surface area contributed by atoms with Crippen LogP contribution in [0, 0.1) is 0 Å². The lowest BCUT2D eigenvalue weighted by Gasteiger charge is -2.09. The average molecular weight is 136 g/mol. The van der Waals surface area contributed by atoms with E-state index in [2.05, 4.69) is 34.5 Å². The molecule has 0 fully saturated rings. The van der Waals surface area contributed by atoms with Crippen molar-refractivity contribution < 1.29 is 0 Å². The molecule has 0 aromatic heterocycles. The van der Waals surface area contributed by atoms with Crippen molar-refractivity contribution >= 4 is 20.8 Å². The predicted octanol–water partition coefficient (Wildman–Crippen LogP) is 1.63. The van der Waals surface area contributed by atoms with Crippen molar-refractivity contribution in [2.75, 3.05) is 0 Å². The summed E-state index contributed by atoms with van der Waals surface area (Å²) in [5, 5.41) is 0. The van der Waals surface area contributed by atoms with E-state index in [0.29, 0.717) is 0 Å². The monoisotopic (exact) mass is 136 g/mol. The molecular formula is C7H19B3. The molecular weight excluding hydrogens is 117 g/mol. The zero-order valence-electron chi connectivity index (χ0n) is 8.15. The summed E-state index contributed by atoms with van der Waals surface area (Å²) in [6, 6.07) is 0. The summed E-state index contributed by atoms with van der Waals surface area (Å²) in [6.07, 6.45) is 0. The van der Waals surface area contributed by atoms with Crippen molar-refractivity contribution in [3.8, 4) is 0 Å². The van der Waals surface area contributed by atoms with Gasteiger partial charge in [0.25, 0.3) is 0 Å². The molecule has 56 valence electrons. The third-order valence-corrected chi connectivity index (χ3v) is 1.75. The van der Waals surface area contributed by atoms with Gasteiger partial charge >= 0.3 is 0 Å². The van der Waals surface area contributed by atoms with Crippen molar-refractivity contribution in [2.45, 2.75) is 46.2 Å². The van der Waals surface area contributed by atoms with Gasteiger partial charge in [0, 0.05) is 0 Å². The van der Waals surface area contributed by atoms with Crippen LogP contribution in [0.3, 0.4) is 0 Å². The third kappa shape index (κ3) is 6.32. The van der Waals surface area contributed by atoms with Gasteiger partial charge in [-0.2, -0.15) is 0 Å². The van der Waals surface area contributed by atoms with Gasteiger partial charge in [-0.05, 0) is 0 Å². The largest absolute Gasteiger partial charge is 0.0992 e. The quantitative estimate of drug-likeness (QED) is 0.515. The SMILES string of the molecule is CB(BC(C)C)BC(C)C. The van der Waals surface area contributed by atoms with Gasteiger partial charge in [0.2, 0.25) is 0 Å². The Bertz CT molecular complexity index is 70.9. The van der Waals surface area contributed by atoms with Crippen LogP contribution in [-0.2, 0) is 0 Å². The first-order chi connectivity index (χ1) is 4.52. The predicted molar refractivity (Wildman–Crippen MR) is 56.1 cm³/mol. The second-order valence-corrected chi connectivity index (χ2v) is 4.36. The summed E-state index contributed by atoms with van der Waals surface area (Å²) in [5.41, 5.74) is 0. The second-order valence-electron chi connectivity index (χ2n) is 4.36. The van der Waals surface area contributed by atoms with E-state index in [-0.39, 0.29) is 0 Å². The van der Waals surface area contributed by atoms with Crippen LogP contribution in [0.25, 0.3) is 0 Å². The molecule has 0 aliphatic heterocycles. The van der Waals surface area contributed by atoms with Gasteiger partial charge < -0.3 is 0 Å². The summed E-state index contributed by atoms with van der Waals surface area (Å²) >= 11 is 0. The fourth-order valence-electron chi connectivity index (χ4n) is 1.71. The lowest BCUT2D eigenvalue weighted by atomic mass is 9.02. The molecule has 0 N–H and O–H groups in total. The van der Waals surface area contributed by atoms with Crippen LogP contribution in [0.4, 0.5) is 0 Å². The third-order valence-electron chi connectivity index (χ3n) is 1.75. The normalized spacial score (nSPS) is 10.3. The molecule has 0 rings (SSSR count). The van der Waals surface area contributed by atoms with Gasteiger partial charge in [-0.25, -0.2) is 0 Å². The summed E-state index contributed by atoms with van der Waals surface area (Å²) in [6.45, 7) is 12.5. The van der Waals surface area contributed by atoms with Crippen molar-refractivity contribution in [1.82, 2.24) is 0 Å². The molecule has 0 aromatic rings. The van der Waals surface area contributed by atoms with Crippen LogP contribution in [0.5, 0.6) is 0 Å². The molecule has 0 aliphatic rings. The second kappa shape index (κ2) is 4.93. The Morgan fingerprint density at radius 3 is 1.40 bits per heavy atom. The highest BCUT2D eigenvalue weighted by Crippen LogP contribution is 2.03. The minimum absolute atomic E-state index is 0.869. The highest BCUT2D eigenvalue weighted by atomic mass is 13.7. The van der Waals surface area contributed by atoms with Gasteiger partial charge in [-0.3, -0.25) is 0 Å². The van der Waals surface area contributed by atoms with E-state index in [1.165, 1.54) is 14.3 Å². The van der Waals surface area contributed by atoms with E-state index in [1.54, 1.807) is 0 Å². The lowest BCUT2D eigenvalue weighted by molar-refractivity contribution is 1.07. The van der Waals surface area contributed by atoms with Crippen molar-refractivity contribution in [2.24, 2.45) is 0 Å². The Hall–Kier alpha value is 0.195. The average Bonchev–Trinajstić information content (AvgIpc) is 1.58. The molecule has 0 bridgehead atoms. The summed E-state index contributed by atoms with van der Waals surface area (Å²) in [7, 11) is 2.77. The minimum Gasteiger partial charge on any atom is -0.0992 e. The van der Waals surface area contributed by atoms with Crippen LogP contribution in [0.1, 0.15) is 27.7 Å². The molecule has 0 spiro atoms. The minimum atomic E-state index is 0.869. The molecule has 0 atom stereocenters. The van der Waals surface area contributed by atoms with E-state index >= 15 is 0 Å². The highest BCUT2D eigenvalue weighted by molar-refractivity contribution is 7.39. The van der Waals surface area contributed by atoms with Crippen molar-refractivity contribution in [1.29, 1.82) is 0 Å². The molecule has 0 heterocycles. The smallest absolute Gasteiger partial charge is 0.0855 e. The maximum absolute atomic E-state index is 2.36. The topological polar surface area (TPSA) is 0 Å². The molecule has 3 heteroatoms. The first-order valence-corrected chi connectivity index (χ1v) is 4.52. The molecule has 10 heavy (non-hydrogen) atoms. The maximum Gasteiger partial charge on any atom is 0.0855 e. The van der Waals surface area contributed by atoms with E-state index in [9.17, 15) is 0 Å². The van der Waals surface area contributed by atoms with Crippen LogP contribution in [0.15, 0.2) is 0 Å². The van der Waals surface area contributed by atoms with Gasteiger partial charge in [0.1, 0.15) is 0 Å². The van der Waals surface area contributed by atoms with Gasteiger partial charge in [0.15, 0.2) is 0 Å². The molecule has 0 amide bonds. The lowest BCUT2D eigenvalue weighted by Crippen LogP contribution is -2.29. The Labute approximate surface area is 67.7 Å². The zero-order valence-corrected chi connectivity index (χ0v) is 8.15.